The van der Waals surface area contributed by atoms with E-state index < -0.39 is 71.8 Å². The maximum absolute atomic E-state index is 13.6. The van der Waals surface area contributed by atoms with Crippen molar-refractivity contribution in [3.63, 3.8) is 0 Å². The van der Waals surface area contributed by atoms with Gasteiger partial charge >= 0.3 is 5.97 Å². The van der Waals surface area contributed by atoms with Crippen LogP contribution in [0, 0.1) is 5.92 Å². The normalized spacial score (nSPS) is 18.1. The van der Waals surface area contributed by atoms with Crippen LogP contribution < -0.4 is 27.0 Å². The number of nitrogens with two attached hydrogens (primary N) is 1. The largest absolute Gasteiger partial charge is 0.480 e. The summed E-state index contributed by atoms with van der Waals surface area (Å²) in [7, 11) is 0. The number of carboxylic acids is 1. The summed E-state index contributed by atoms with van der Waals surface area (Å²) >= 11 is 0. The Bertz CT molecular complexity index is 1150. The van der Waals surface area contributed by atoms with Crippen molar-refractivity contribution in [3.8, 4) is 0 Å². The number of hydrogen-bond donors (Lipinski definition) is 7. The zero-order chi connectivity index (χ0) is 32.3. The van der Waals surface area contributed by atoms with Crippen LogP contribution in [-0.4, -0.2) is 100 Å². The summed E-state index contributed by atoms with van der Waals surface area (Å²) in [6, 6.07) is 3.05. The molecule has 0 spiro atoms. The number of benzene rings is 1. The number of amides is 5. The number of hydrogen-bond acceptors (Lipinski definition) is 8. The lowest BCUT2D eigenvalue weighted by molar-refractivity contribution is -0.143. The van der Waals surface area contributed by atoms with Gasteiger partial charge in [-0.2, -0.15) is 0 Å². The molecule has 1 fully saturated rings. The van der Waals surface area contributed by atoms with Crippen LogP contribution in [0.2, 0.25) is 0 Å². The fourth-order valence-corrected chi connectivity index (χ4v) is 4.80. The lowest BCUT2D eigenvalue weighted by atomic mass is 10.0. The van der Waals surface area contributed by atoms with Gasteiger partial charge in [0.1, 0.15) is 30.2 Å². The Morgan fingerprint density at radius 3 is 2.14 bits per heavy atom. The van der Waals surface area contributed by atoms with E-state index in [-0.39, 0.29) is 25.4 Å². The molecule has 14 nitrogen and oxygen atoms in total. The van der Waals surface area contributed by atoms with E-state index in [2.05, 4.69) is 21.3 Å². The quantitative estimate of drug-likeness (QED) is 0.126. The van der Waals surface area contributed by atoms with E-state index in [4.69, 9.17) is 10.8 Å². The second kappa shape index (κ2) is 16.6. The van der Waals surface area contributed by atoms with Crippen molar-refractivity contribution in [2.24, 2.45) is 11.7 Å². The summed E-state index contributed by atoms with van der Waals surface area (Å²) in [5.74, 6) is -4.43. The standard InChI is InChI=1S/C29H44N6O8/c1-16(2)13-21(32-23(37)15-30)28(41)35-12-8-11-22(35)26(39)33-20(14-19-9-6-5-7-10-19)25(38)34-24(18(4)36)27(40)31-17(3)29(42)43/h5-7,9-10,16-18,20-22,24,36H,8,11-15,30H2,1-4H3,(H,31,40)(H,32,37)(H,33,39)(H,34,38)(H,42,43)/t17-,18+,20-,21-,22-,24-/m0/s1. The van der Waals surface area contributed by atoms with Gasteiger partial charge in [0, 0.05) is 13.0 Å². The van der Waals surface area contributed by atoms with E-state index in [0.29, 0.717) is 24.8 Å². The minimum Gasteiger partial charge on any atom is -0.480 e. The average Bonchev–Trinajstić information content (AvgIpc) is 3.44. The maximum atomic E-state index is 13.6. The smallest absolute Gasteiger partial charge is 0.325 e. The molecule has 43 heavy (non-hydrogen) atoms. The third kappa shape index (κ3) is 10.6. The van der Waals surface area contributed by atoms with E-state index in [9.17, 15) is 33.9 Å². The molecule has 1 aliphatic heterocycles. The summed E-state index contributed by atoms with van der Waals surface area (Å²) in [5, 5.41) is 29.3. The number of rotatable bonds is 15. The number of nitrogens with one attached hydrogen (secondary N) is 4. The lowest BCUT2D eigenvalue weighted by Gasteiger charge is -2.31. The number of aliphatic carboxylic acids is 1. The fraction of sp³-hybridized carbons (Fsp3) is 0.586. The zero-order valence-electron chi connectivity index (χ0n) is 25.0. The van der Waals surface area contributed by atoms with Crippen molar-refractivity contribution in [1.82, 2.24) is 26.2 Å². The number of carbonyl (C=O) groups excluding carboxylic acids is 5. The highest BCUT2D eigenvalue weighted by Crippen LogP contribution is 2.21. The van der Waals surface area contributed by atoms with Crippen LogP contribution in [0.1, 0.15) is 52.5 Å². The van der Waals surface area contributed by atoms with Crippen molar-refractivity contribution >= 4 is 35.5 Å². The Balaban J connectivity index is 2.27. The summed E-state index contributed by atoms with van der Waals surface area (Å²) in [5.41, 5.74) is 6.13. The Morgan fingerprint density at radius 1 is 0.930 bits per heavy atom. The molecule has 1 aromatic rings. The molecule has 2 rings (SSSR count). The average molecular weight is 605 g/mol. The lowest BCUT2D eigenvalue weighted by Crippen LogP contribution is -2.60. The summed E-state index contributed by atoms with van der Waals surface area (Å²) in [4.78, 5) is 77.8. The zero-order valence-corrected chi connectivity index (χ0v) is 25.0. The second-order valence-electron chi connectivity index (χ2n) is 11.2. The van der Waals surface area contributed by atoms with Crippen molar-refractivity contribution in [3.05, 3.63) is 35.9 Å². The molecule has 0 bridgehead atoms. The molecule has 8 N–H and O–H groups in total. The predicted octanol–water partition coefficient (Wildman–Crippen LogP) is -1.35. The number of carboxylic acid groups (broad SMARTS) is 1. The van der Waals surface area contributed by atoms with Gasteiger partial charge in [0.05, 0.1) is 12.6 Å². The molecule has 1 saturated heterocycles. The first-order chi connectivity index (χ1) is 20.2. The van der Waals surface area contributed by atoms with E-state index in [1.54, 1.807) is 30.3 Å². The number of aliphatic hydroxyl groups is 1. The van der Waals surface area contributed by atoms with Crippen molar-refractivity contribution in [2.45, 2.75) is 89.7 Å². The number of aliphatic hydroxyl groups excluding tert-OH is 1. The molecule has 1 aliphatic rings. The summed E-state index contributed by atoms with van der Waals surface area (Å²) in [6.45, 7) is 6.30. The highest BCUT2D eigenvalue weighted by molar-refractivity contribution is 5.96. The topological polar surface area (TPSA) is 220 Å². The number of nitrogens with zero attached hydrogens (tertiary/aromatic N) is 1. The molecule has 0 aromatic heterocycles. The van der Waals surface area contributed by atoms with Crippen LogP contribution in [0.15, 0.2) is 30.3 Å². The maximum Gasteiger partial charge on any atom is 0.325 e. The molecule has 1 heterocycles. The van der Waals surface area contributed by atoms with Crippen LogP contribution in [-0.2, 0) is 35.2 Å². The van der Waals surface area contributed by atoms with Gasteiger partial charge in [-0.1, -0.05) is 44.2 Å². The van der Waals surface area contributed by atoms with Gasteiger partial charge in [0.25, 0.3) is 0 Å². The Hall–Kier alpha value is -4.04. The molecule has 238 valence electrons. The van der Waals surface area contributed by atoms with Crippen molar-refractivity contribution in [1.29, 1.82) is 0 Å². The molecule has 0 radical (unpaired) electrons. The molecule has 14 heteroatoms. The van der Waals surface area contributed by atoms with Gasteiger partial charge < -0.3 is 42.1 Å². The Labute approximate surface area is 251 Å². The van der Waals surface area contributed by atoms with E-state index in [0.717, 1.165) is 0 Å². The van der Waals surface area contributed by atoms with Crippen LogP contribution in [0.5, 0.6) is 0 Å². The minimum absolute atomic E-state index is 0.0291. The Morgan fingerprint density at radius 2 is 1.58 bits per heavy atom. The molecule has 6 atom stereocenters. The number of likely N-dealkylation sites (tertiary alicyclic amines) is 1. The predicted molar refractivity (Wildman–Crippen MR) is 156 cm³/mol. The third-order valence-electron chi connectivity index (χ3n) is 7.07. The van der Waals surface area contributed by atoms with E-state index >= 15 is 0 Å². The molecule has 0 unspecified atom stereocenters. The van der Waals surface area contributed by atoms with Gasteiger partial charge in [-0.05, 0) is 44.6 Å². The Kier molecular flexibility index (Phi) is 13.5. The molecule has 1 aromatic carbocycles. The third-order valence-corrected chi connectivity index (χ3v) is 7.07. The molecular weight excluding hydrogens is 560 g/mol. The molecule has 0 aliphatic carbocycles. The second-order valence-corrected chi connectivity index (χ2v) is 11.2. The van der Waals surface area contributed by atoms with Crippen LogP contribution >= 0.6 is 0 Å². The van der Waals surface area contributed by atoms with Gasteiger partial charge in [-0.15, -0.1) is 0 Å². The van der Waals surface area contributed by atoms with Gasteiger partial charge in [0.15, 0.2) is 0 Å². The first-order valence-electron chi connectivity index (χ1n) is 14.4. The van der Waals surface area contributed by atoms with Crippen LogP contribution in [0.4, 0.5) is 0 Å². The molecule has 0 saturated carbocycles. The van der Waals surface area contributed by atoms with Gasteiger partial charge in [-0.25, -0.2) is 0 Å². The van der Waals surface area contributed by atoms with Gasteiger partial charge in [0.2, 0.25) is 29.5 Å². The summed E-state index contributed by atoms with van der Waals surface area (Å²) < 4.78 is 0. The highest BCUT2D eigenvalue weighted by Gasteiger charge is 2.39. The SMILES string of the molecule is CC(C)C[C@H](NC(=O)CN)C(=O)N1CCC[C@H]1C(=O)N[C@@H](Cc1ccccc1)C(=O)N[C@H](C(=O)N[C@@H](C)C(=O)O)[C@@H](C)O. The first-order valence-corrected chi connectivity index (χ1v) is 14.4. The highest BCUT2D eigenvalue weighted by atomic mass is 16.4. The first kappa shape index (κ1) is 35.2. The summed E-state index contributed by atoms with van der Waals surface area (Å²) in [6.07, 6.45) is -0.144. The monoisotopic (exact) mass is 604 g/mol. The molecule has 5 amide bonds. The van der Waals surface area contributed by atoms with Crippen LogP contribution in [0.3, 0.4) is 0 Å². The van der Waals surface area contributed by atoms with Crippen molar-refractivity contribution in [2.75, 3.05) is 13.1 Å². The van der Waals surface area contributed by atoms with Crippen molar-refractivity contribution < 1.29 is 39.0 Å². The van der Waals surface area contributed by atoms with Gasteiger partial charge in [-0.3, -0.25) is 28.8 Å². The minimum atomic E-state index is -1.50. The van der Waals surface area contributed by atoms with E-state index in [1.807, 2.05) is 13.8 Å². The van der Waals surface area contributed by atoms with E-state index in [1.165, 1.54) is 18.7 Å². The number of carbonyl (C=O) groups is 6. The fourth-order valence-electron chi connectivity index (χ4n) is 4.80. The van der Waals surface area contributed by atoms with Crippen LogP contribution in [0.25, 0.3) is 0 Å². The molecular formula is C29H44N6O8.